The largest absolute Gasteiger partial charge is 0.326 e. The lowest BCUT2D eigenvalue weighted by Crippen LogP contribution is -2.25. The molecular weight excluding hydrogens is 282 g/mol. The molecule has 0 unspecified atom stereocenters. The molecule has 0 radical (unpaired) electrons. The topological polar surface area (TPSA) is 85.1 Å². The van der Waals surface area contributed by atoms with E-state index in [4.69, 9.17) is 5.73 Å². The molecule has 0 saturated carbocycles. The normalized spacial score (nSPS) is 11.6. The summed E-state index contributed by atoms with van der Waals surface area (Å²) in [6.07, 6.45) is 2.26. The van der Waals surface area contributed by atoms with Gasteiger partial charge in [-0.1, -0.05) is 6.07 Å². The monoisotopic (exact) mass is 297 g/mol. The van der Waals surface area contributed by atoms with Gasteiger partial charge in [-0.05, 0) is 24.3 Å². The summed E-state index contributed by atoms with van der Waals surface area (Å²) >= 11 is 1.19. The maximum atomic E-state index is 12.0. The lowest BCUT2D eigenvalue weighted by atomic mass is 10.3. The van der Waals surface area contributed by atoms with E-state index in [1.54, 1.807) is 18.3 Å². The van der Waals surface area contributed by atoms with Crippen molar-refractivity contribution < 1.29 is 8.42 Å². The smallest absolute Gasteiger partial charge is 0.250 e. The molecule has 0 amide bonds. The molecule has 0 bridgehead atoms. The molecule has 7 heteroatoms. The van der Waals surface area contributed by atoms with Crippen LogP contribution in [0.3, 0.4) is 0 Å². The molecule has 102 valence electrons. The molecule has 2 aromatic heterocycles. The Kier molecular flexibility index (Phi) is 4.65. The highest BCUT2D eigenvalue weighted by Crippen LogP contribution is 2.20. The number of pyridine rings is 1. The van der Waals surface area contributed by atoms with Gasteiger partial charge in [0.25, 0.3) is 0 Å². The van der Waals surface area contributed by atoms with Gasteiger partial charge in [-0.2, -0.15) is 0 Å². The van der Waals surface area contributed by atoms with E-state index in [9.17, 15) is 8.42 Å². The third-order valence-electron chi connectivity index (χ3n) is 2.50. The highest BCUT2D eigenvalue weighted by Gasteiger charge is 2.15. The fourth-order valence-corrected chi connectivity index (χ4v) is 3.85. The molecule has 19 heavy (non-hydrogen) atoms. The average molecular weight is 297 g/mol. The first-order chi connectivity index (χ1) is 9.12. The van der Waals surface area contributed by atoms with Crippen LogP contribution in [0.25, 0.3) is 0 Å². The lowest BCUT2D eigenvalue weighted by molar-refractivity contribution is 0.583. The van der Waals surface area contributed by atoms with Crippen molar-refractivity contribution in [3.63, 3.8) is 0 Å². The van der Waals surface area contributed by atoms with Crippen molar-refractivity contribution in [1.29, 1.82) is 0 Å². The molecule has 0 aliphatic rings. The van der Waals surface area contributed by atoms with Gasteiger partial charge < -0.3 is 5.73 Å². The average Bonchev–Trinajstić information content (AvgIpc) is 2.89. The number of nitrogens with two attached hydrogens (primary N) is 1. The molecule has 2 aromatic rings. The second-order valence-corrected chi connectivity index (χ2v) is 7.06. The highest BCUT2D eigenvalue weighted by molar-refractivity contribution is 7.91. The molecule has 0 fully saturated rings. The molecule has 0 saturated heterocycles. The van der Waals surface area contributed by atoms with Crippen LogP contribution in [0.4, 0.5) is 0 Å². The number of rotatable bonds is 6. The Bertz CT molecular complexity index is 623. The number of sulfonamides is 1. The fourth-order valence-electron chi connectivity index (χ4n) is 1.54. The van der Waals surface area contributed by atoms with Crippen molar-refractivity contribution in [2.75, 3.05) is 6.54 Å². The first-order valence-corrected chi connectivity index (χ1v) is 8.10. The van der Waals surface area contributed by atoms with Crippen molar-refractivity contribution in [2.45, 2.75) is 17.2 Å². The third kappa shape index (κ3) is 3.84. The Morgan fingerprint density at radius 2 is 2.11 bits per heavy atom. The fraction of sp³-hybridized carbons (Fsp3) is 0.250. The first kappa shape index (κ1) is 14.1. The van der Waals surface area contributed by atoms with E-state index in [0.29, 0.717) is 23.7 Å². The number of nitrogens with zero attached hydrogens (tertiary/aromatic N) is 1. The maximum Gasteiger partial charge on any atom is 0.250 e. The summed E-state index contributed by atoms with van der Waals surface area (Å²) in [7, 11) is -3.43. The van der Waals surface area contributed by atoms with Crippen molar-refractivity contribution in [3.8, 4) is 0 Å². The Labute approximate surface area is 116 Å². The molecule has 0 aliphatic carbocycles. The summed E-state index contributed by atoms with van der Waals surface area (Å²) in [5.41, 5.74) is 6.33. The maximum absolute atomic E-state index is 12.0. The van der Waals surface area contributed by atoms with Crippen LogP contribution in [-0.4, -0.2) is 19.9 Å². The van der Waals surface area contributed by atoms with Crippen LogP contribution in [0.2, 0.25) is 0 Å². The minimum Gasteiger partial charge on any atom is -0.326 e. The van der Waals surface area contributed by atoms with Gasteiger partial charge in [0.2, 0.25) is 10.0 Å². The van der Waals surface area contributed by atoms with Gasteiger partial charge in [0.1, 0.15) is 4.21 Å². The zero-order chi connectivity index (χ0) is 13.7. The van der Waals surface area contributed by atoms with Gasteiger partial charge in [-0.15, -0.1) is 11.3 Å². The van der Waals surface area contributed by atoms with Gasteiger partial charge in [-0.3, -0.25) is 4.98 Å². The van der Waals surface area contributed by atoms with Crippen LogP contribution < -0.4 is 10.5 Å². The zero-order valence-electron chi connectivity index (χ0n) is 10.2. The summed E-state index contributed by atoms with van der Waals surface area (Å²) in [4.78, 5) is 4.99. The number of aromatic nitrogens is 1. The van der Waals surface area contributed by atoms with Gasteiger partial charge >= 0.3 is 0 Å². The van der Waals surface area contributed by atoms with Crippen LogP contribution in [0.5, 0.6) is 0 Å². The van der Waals surface area contributed by atoms with Crippen molar-refractivity contribution in [3.05, 3.63) is 47.1 Å². The Hall–Kier alpha value is -1.28. The van der Waals surface area contributed by atoms with Crippen LogP contribution in [0, 0.1) is 0 Å². The van der Waals surface area contributed by atoms with E-state index < -0.39 is 10.0 Å². The van der Waals surface area contributed by atoms with E-state index in [2.05, 4.69) is 9.71 Å². The van der Waals surface area contributed by atoms with Crippen molar-refractivity contribution in [1.82, 2.24) is 9.71 Å². The number of hydrogen-bond donors (Lipinski definition) is 2. The predicted octanol–water partition coefficient (Wildman–Crippen LogP) is 1.12. The molecule has 2 rings (SSSR count). The van der Waals surface area contributed by atoms with E-state index in [1.165, 1.54) is 11.3 Å². The van der Waals surface area contributed by atoms with E-state index in [-0.39, 0.29) is 0 Å². The Balaban J connectivity index is 1.94. The van der Waals surface area contributed by atoms with Crippen molar-refractivity contribution >= 4 is 21.4 Å². The van der Waals surface area contributed by atoms with Crippen LogP contribution in [0.15, 0.2) is 40.7 Å². The predicted molar refractivity (Wildman–Crippen MR) is 75.3 cm³/mol. The third-order valence-corrected chi connectivity index (χ3v) is 5.56. The van der Waals surface area contributed by atoms with E-state index >= 15 is 0 Å². The van der Waals surface area contributed by atoms with E-state index in [1.807, 2.05) is 18.2 Å². The van der Waals surface area contributed by atoms with Crippen molar-refractivity contribution in [2.24, 2.45) is 5.73 Å². The molecule has 5 nitrogen and oxygen atoms in total. The Morgan fingerprint density at radius 3 is 2.74 bits per heavy atom. The van der Waals surface area contributed by atoms with Gasteiger partial charge in [0, 0.05) is 36.3 Å². The second kappa shape index (κ2) is 6.25. The molecule has 0 spiro atoms. The van der Waals surface area contributed by atoms with Crippen LogP contribution in [-0.2, 0) is 23.0 Å². The quantitative estimate of drug-likeness (QED) is 0.837. The minimum atomic E-state index is -3.43. The SMILES string of the molecule is NCc1ccc(S(=O)(=O)NCCc2ccccn2)s1. The number of thiophene rings is 1. The van der Waals surface area contributed by atoms with Gasteiger partial charge in [0.05, 0.1) is 0 Å². The zero-order valence-corrected chi connectivity index (χ0v) is 11.9. The molecular formula is C12H15N3O2S2. The molecule has 0 atom stereocenters. The van der Waals surface area contributed by atoms with Crippen LogP contribution in [0.1, 0.15) is 10.6 Å². The summed E-state index contributed by atoms with van der Waals surface area (Å²) in [6.45, 7) is 0.684. The molecule has 0 aromatic carbocycles. The molecule has 3 N–H and O–H groups in total. The van der Waals surface area contributed by atoms with E-state index in [0.717, 1.165) is 10.6 Å². The highest BCUT2D eigenvalue weighted by atomic mass is 32.2. The lowest BCUT2D eigenvalue weighted by Gasteiger charge is -2.04. The molecule has 0 aliphatic heterocycles. The minimum absolute atomic E-state index is 0.300. The number of hydrogen-bond acceptors (Lipinski definition) is 5. The van der Waals surface area contributed by atoms with Crippen LogP contribution >= 0.6 is 11.3 Å². The summed E-state index contributed by atoms with van der Waals surface area (Å²) in [6, 6.07) is 8.89. The van der Waals surface area contributed by atoms with Gasteiger partial charge in [0.15, 0.2) is 0 Å². The summed E-state index contributed by atoms with van der Waals surface area (Å²) in [5, 5.41) is 0. The standard InChI is InChI=1S/C12H15N3O2S2/c13-9-11-4-5-12(18-11)19(16,17)15-8-6-10-3-1-2-7-14-10/h1-5,7,15H,6,8-9,13H2. The first-order valence-electron chi connectivity index (χ1n) is 5.80. The summed E-state index contributed by atoms with van der Waals surface area (Å²) < 4.78 is 26.8. The molecule has 2 heterocycles. The number of nitrogens with one attached hydrogen (secondary N) is 1. The summed E-state index contributed by atoms with van der Waals surface area (Å²) in [5.74, 6) is 0. The van der Waals surface area contributed by atoms with Gasteiger partial charge in [-0.25, -0.2) is 13.1 Å². The second-order valence-electron chi connectivity index (χ2n) is 3.89. The Morgan fingerprint density at radius 1 is 1.26 bits per heavy atom.